The normalized spacial score (nSPS) is 15.7. The zero-order valence-electron chi connectivity index (χ0n) is 18.6. The molecule has 0 spiro atoms. The van der Waals surface area contributed by atoms with Gasteiger partial charge in [-0.05, 0) is 62.9 Å². The summed E-state index contributed by atoms with van der Waals surface area (Å²) in [4.78, 5) is 17.7. The number of hydrogen-bond acceptors (Lipinski definition) is 3. The van der Waals surface area contributed by atoms with Gasteiger partial charge in [0.15, 0.2) is 0 Å². The minimum atomic E-state index is -0.125. The molecule has 3 aromatic rings. The van der Waals surface area contributed by atoms with E-state index in [4.69, 9.17) is 9.72 Å². The Morgan fingerprint density at radius 3 is 2.77 bits per heavy atom. The number of para-hydroxylation sites is 2. The van der Waals surface area contributed by atoms with Crippen molar-refractivity contribution in [1.29, 1.82) is 0 Å². The Balaban J connectivity index is 1.44. The highest BCUT2D eigenvalue weighted by molar-refractivity contribution is 5.80. The summed E-state index contributed by atoms with van der Waals surface area (Å²) >= 11 is 0. The summed E-state index contributed by atoms with van der Waals surface area (Å²) in [6.07, 6.45) is 6.44. The maximum Gasteiger partial charge on any atom is 0.223 e. The monoisotopic (exact) mass is 419 g/mol. The van der Waals surface area contributed by atoms with Gasteiger partial charge in [0.1, 0.15) is 11.6 Å². The van der Waals surface area contributed by atoms with E-state index in [1.54, 1.807) is 0 Å². The predicted octanol–water partition coefficient (Wildman–Crippen LogP) is 5.57. The number of ether oxygens (including phenoxy) is 1. The summed E-state index contributed by atoms with van der Waals surface area (Å²) in [5.41, 5.74) is 3.27. The molecule has 1 amide bonds. The number of nitrogens with zero attached hydrogens (tertiary/aromatic N) is 2. The van der Waals surface area contributed by atoms with Crippen molar-refractivity contribution in [3.8, 4) is 5.75 Å². The summed E-state index contributed by atoms with van der Waals surface area (Å²) in [5.74, 6) is 2.15. The molecule has 5 nitrogen and oxygen atoms in total. The molecular weight excluding hydrogens is 386 g/mol. The SMILES string of the molecule is Cc1cccc(OCCCn2c(C(C)NC(=O)C3CCCCC3)nc3ccccc32)c1. The number of aromatic nitrogens is 2. The number of carbonyl (C=O) groups is 1. The van der Waals surface area contributed by atoms with Crippen LogP contribution in [0.5, 0.6) is 5.75 Å². The molecule has 2 aromatic carbocycles. The molecule has 1 aliphatic rings. The Morgan fingerprint density at radius 2 is 1.97 bits per heavy atom. The molecule has 5 heteroatoms. The number of nitrogens with one attached hydrogen (secondary N) is 1. The van der Waals surface area contributed by atoms with Crippen molar-refractivity contribution < 1.29 is 9.53 Å². The van der Waals surface area contributed by atoms with Crippen LogP contribution in [0, 0.1) is 12.8 Å². The fourth-order valence-electron chi connectivity index (χ4n) is 4.54. The van der Waals surface area contributed by atoms with E-state index in [0.29, 0.717) is 6.61 Å². The van der Waals surface area contributed by atoms with E-state index < -0.39 is 0 Å². The van der Waals surface area contributed by atoms with Crippen LogP contribution in [0.15, 0.2) is 48.5 Å². The van der Waals surface area contributed by atoms with Crippen LogP contribution in [0.25, 0.3) is 11.0 Å². The first kappa shape index (κ1) is 21.4. The molecule has 1 heterocycles. The highest BCUT2D eigenvalue weighted by Crippen LogP contribution is 2.26. The maximum absolute atomic E-state index is 12.8. The van der Waals surface area contributed by atoms with Crippen LogP contribution < -0.4 is 10.1 Å². The van der Waals surface area contributed by atoms with Crippen molar-refractivity contribution >= 4 is 16.9 Å². The van der Waals surface area contributed by atoms with E-state index in [1.807, 2.05) is 37.3 Å². The van der Waals surface area contributed by atoms with Gasteiger partial charge in [-0.2, -0.15) is 0 Å². The molecule has 0 radical (unpaired) electrons. The maximum atomic E-state index is 12.8. The molecule has 1 aliphatic carbocycles. The third-order valence-electron chi connectivity index (χ3n) is 6.19. The number of fused-ring (bicyclic) bond motifs is 1. The second-order valence-electron chi connectivity index (χ2n) is 8.69. The first-order valence-corrected chi connectivity index (χ1v) is 11.6. The van der Waals surface area contributed by atoms with Gasteiger partial charge >= 0.3 is 0 Å². The molecule has 164 valence electrons. The lowest BCUT2D eigenvalue weighted by Crippen LogP contribution is -2.35. The van der Waals surface area contributed by atoms with Gasteiger partial charge in [0.05, 0.1) is 23.7 Å². The first-order chi connectivity index (χ1) is 15.1. The lowest BCUT2D eigenvalue weighted by molar-refractivity contribution is -0.126. The Kier molecular flexibility index (Phi) is 6.90. The smallest absolute Gasteiger partial charge is 0.223 e. The largest absolute Gasteiger partial charge is 0.494 e. The Morgan fingerprint density at radius 1 is 1.16 bits per heavy atom. The number of carbonyl (C=O) groups excluding carboxylic acids is 1. The Labute approximate surface area is 184 Å². The van der Waals surface area contributed by atoms with Crippen LogP contribution in [0.3, 0.4) is 0 Å². The van der Waals surface area contributed by atoms with Crippen LogP contribution in [-0.4, -0.2) is 22.1 Å². The standard InChI is InChI=1S/C26H33N3O2/c1-19-10-8-13-22(18-19)31-17-9-16-29-24-15-7-6-14-23(24)28-25(29)20(2)27-26(30)21-11-4-3-5-12-21/h6-8,10,13-15,18,20-21H,3-5,9,11-12,16-17H2,1-2H3,(H,27,30). The number of benzene rings is 2. The fraction of sp³-hybridized carbons (Fsp3) is 0.462. The molecule has 1 saturated carbocycles. The third-order valence-corrected chi connectivity index (χ3v) is 6.19. The predicted molar refractivity (Wildman–Crippen MR) is 124 cm³/mol. The van der Waals surface area contributed by atoms with Gasteiger partial charge < -0.3 is 14.6 Å². The van der Waals surface area contributed by atoms with Gasteiger partial charge in [-0.15, -0.1) is 0 Å². The van der Waals surface area contributed by atoms with E-state index in [2.05, 4.69) is 35.0 Å². The summed E-state index contributed by atoms with van der Waals surface area (Å²) < 4.78 is 8.17. The van der Waals surface area contributed by atoms with Gasteiger partial charge in [0.25, 0.3) is 0 Å². The van der Waals surface area contributed by atoms with Crippen molar-refractivity contribution in [1.82, 2.24) is 14.9 Å². The summed E-state index contributed by atoms with van der Waals surface area (Å²) in [5, 5.41) is 3.24. The molecule has 0 saturated heterocycles. The quantitative estimate of drug-likeness (QED) is 0.486. The Hall–Kier alpha value is -2.82. The van der Waals surface area contributed by atoms with Crippen molar-refractivity contribution in [2.24, 2.45) is 5.92 Å². The molecule has 1 atom stereocenters. The van der Waals surface area contributed by atoms with Gasteiger partial charge in [0.2, 0.25) is 5.91 Å². The van der Waals surface area contributed by atoms with Crippen LogP contribution in [0.2, 0.25) is 0 Å². The van der Waals surface area contributed by atoms with E-state index >= 15 is 0 Å². The molecule has 1 N–H and O–H groups in total. The second kappa shape index (κ2) is 9.99. The van der Waals surface area contributed by atoms with Crippen molar-refractivity contribution in [3.63, 3.8) is 0 Å². The zero-order chi connectivity index (χ0) is 21.6. The van der Waals surface area contributed by atoms with Crippen LogP contribution in [0.4, 0.5) is 0 Å². The minimum Gasteiger partial charge on any atom is -0.494 e. The topological polar surface area (TPSA) is 56.1 Å². The molecule has 1 aromatic heterocycles. The number of amides is 1. The number of hydrogen-bond donors (Lipinski definition) is 1. The second-order valence-corrected chi connectivity index (χ2v) is 8.69. The number of imidazole rings is 1. The molecule has 1 unspecified atom stereocenters. The Bertz CT molecular complexity index is 1020. The van der Waals surface area contributed by atoms with E-state index in [-0.39, 0.29) is 17.9 Å². The van der Waals surface area contributed by atoms with Gasteiger partial charge in [-0.25, -0.2) is 4.98 Å². The average molecular weight is 420 g/mol. The number of rotatable bonds is 8. The molecule has 0 bridgehead atoms. The van der Waals surface area contributed by atoms with E-state index in [9.17, 15) is 4.79 Å². The molecule has 1 fully saturated rings. The molecule has 31 heavy (non-hydrogen) atoms. The van der Waals surface area contributed by atoms with Crippen molar-refractivity contribution in [2.45, 2.75) is 65.0 Å². The van der Waals surface area contributed by atoms with Gasteiger partial charge in [-0.1, -0.05) is 43.5 Å². The molecule has 4 rings (SSSR count). The third kappa shape index (κ3) is 5.27. The summed E-state index contributed by atoms with van der Waals surface area (Å²) in [6.45, 7) is 5.55. The van der Waals surface area contributed by atoms with E-state index in [0.717, 1.165) is 61.3 Å². The van der Waals surface area contributed by atoms with Gasteiger partial charge in [0, 0.05) is 12.5 Å². The van der Waals surface area contributed by atoms with Crippen LogP contribution in [0.1, 0.15) is 62.9 Å². The molecular formula is C26H33N3O2. The summed E-state index contributed by atoms with van der Waals surface area (Å²) in [6, 6.07) is 16.2. The minimum absolute atomic E-state index is 0.125. The highest BCUT2D eigenvalue weighted by atomic mass is 16.5. The molecule has 0 aliphatic heterocycles. The van der Waals surface area contributed by atoms with Crippen molar-refractivity contribution in [2.75, 3.05) is 6.61 Å². The number of aryl methyl sites for hydroxylation is 2. The van der Waals surface area contributed by atoms with Crippen molar-refractivity contribution in [3.05, 3.63) is 59.9 Å². The zero-order valence-corrected chi connectivity index (χ0v) is 18.6. The van der Waals surface area contributed by atoms with Crippen LogP contribution in [-0.2, 0) is 11.3 Å². The van der Waals surface area contributed by atoms with Gasteiger partial charge in [-0.3, -0.25) is 4.79 Å². The fourth-order valence-corrected chi connectivity index (χ4v) is 4.54. The average Bonchev–Trinajstić information content (AvgIpc) is 3.16. The lowest BCUT2D eigenvalue weighted by atomic mass is 9.88. The highest BCUT2D eigenvalue weighted by Gasteiger charge is 2.24. The lowest BCUT2D eigenvalue weighted by Gasteiger charge is -2.23. The van der Waals surface area contributed by atoms with Crippen LogP contribution >= 0.6 is 0 Å². The van der Waals surface area contributed by atoms with E-state index in [1.165, 1.54) is 12.0 Å². The first-order valence-electron chi connectivity index (χ1n) is 11.6. The summed E-state index contributed by atoms with van der Waals surface area (Å²) in [7, 11) is 0.